The Balaban J connectivity index is 1.75. The highest BCUT2D eigenvalue weighted by molar-refractivity contribution is 6.07. The second-order valence-electron chi connectivity index (χ2n) is 6.91. The van der Waals surface area contributed by atoms with Gasteiger partial charge in [0, 0.05) is 0 Å². The van der Waals surface area contributed by atoms with Crippen LogP contribution >= 0.6 is 0 Å². The molecule has 0 radical (unpaired) electrons. The van der Waals surface area contributed by atoms with Crippen LogP contribution in [0.1, 0.15) is 38.2 Å². The third kappa shape index (κ3) is 3.72. The summed E-state index contributed by atoms with van der Waals surface area (Å²) in [6, 6.07) is 6.41. The molecule has 1 aromatic carbocycles. The summed E-state index contributed by atoms with van der Waals surface area (Å²) in [6.45, 7) is 2.06. The summed E-state index contributed by atoms with van der Waals surface area (Å²) in [6.07, 6.45) is 4.53. The SMILES string of the molecule is COc1cc(/C=N/N2C(=O)NC3(CCC(C)CC3)C2=O)ccc1OCC#N. The van der Waals surface area contributed by atoms with Crippen molar-refractivity contribution in [2.45, 2.75) is 38.1 Å². The zero-order valence-corrected chi connectivity index (χ0v) is 15.4. The Bertz CT molecular complexity index is 806. The number of benzene rings is 1. The minimum Gasteiger partial charge on any atom is -0.493 e. The second kappa shape index (κ2) is 7.66. The lowest BCUT2D eigenvalue weighted by Crippen LogP contribution is -2.49. The Labute approximate surface area is 157 Å². The zero-order chi connectivity index (χ0) is 19.4. The van der Waals surface area contributed by atoms with Crippen LogP contribution in [0.2, 0.25) is 0 Å². The first-order valence-electron chi connectivity index (χ1n) is 8.87. The highest BCUT2D eigenvalue weighted by Gasteiger charge is 2.52. The van der Waals surface area contributed by atoms with Gasteiger partial charge in [-0.05, 0) is 55.4 Å². The van der Waals surface area contributed by atoms with E-state index >= 15 is 0 Å². The molecule has 1 saturated carbocycles. The standard InChI is InChI=1S/C19H22N4O4/c1-13-5-7-19(8-6-13)17(24)23(18(25)22-19)21-12-14-3-4-15(27-10-9-20)16(11-14)26-2/h3-4,11-13H,5-8,10H2,1-2H3,(H,22,25)/b21-12+. The van der Waals surface area contributed by atoms with Gasteiger partial charge < -0.3 is 14.8 Å². The molecular weight excluding hydrogens is 348 g/mol. The number of hydrazone groups is 1. The summed E-state index contributed by atoms with van der Waals surface area (Å²) in [5, 5.41) is 16.4. The zero-order valence-electron chi connectivity index (χ0n) is 15.4. The number of urea groups is 1. The molecule has 0 atom stereocenters. The number of carbonyl (C=O) groups is 2. The fourth-order valence-corrected chi connectivity index (χ4v) is 3.42. The Morgan fingerprint density at radius 3 is 2.78 bits per heavy atom. The number of rotatable bonds is 5. The van der Waals surface area contributed by atoms with Crippen molar-refractivity contribution in [1.29, 1.82) is 5.26 Å². The number of carbonyl (C=O) groups excluding carboxylic acids is 2. The van der Waals surface area contributed by atoms with E-state index in [2.05, 4.69) is 17.3 Å². The predicted octanol–water partition coefficient (Wildman–Crippen LogP) is 2.43. The van der Waals surface area contributed by atoms with Crippen molar-refractivity contribution in [2.24, 2.45) is 11.0 Å². The first-order chi connectivity index (χ1) is 13.0. The summed E-state index contributed by atoms with van der Waals surface area (Å²) < 4.78 is 10.5. The maximum Gasteiger partial charge on any atom is 0.346 e. The van der Waals surface area contributed by atoms with Crippen molar-refractivity contribution in [3.8, 4) is 17.6 Å². The normalized spacial score (nSPS) is 24.9. The van der Waals surface area contributed by atoms with E-state index in [1.54, 1.807) is 18.2 Å². The number of imide groups is 1. The van der Waals surface area contributed by atoms with Crippen LogP contribution in [0.5, 0.6) is 11.5 Å². The molecule has 3 amide bonds. The lowest BCUT2D eigenvalue weighted by molar-refractivity contribution is -0.132. The van der Waals surface area contributed by atoms with E-state index in [-0.39, 0.29) is 12.5 Å². The molecule has 27 heavy (non-hydrogen) atoms. The van der Waals surface area contributed by atoms with Crippen LogP contribution < -0.4 is 14.8 Å². The quantitative estimate of drug-likeness (QED) is 0.633. The van der Waals surface area contributed by atoms with Crippen molar-refractivity contribution >= 4 is 18.2 Å². The van der Waals surface area contributed by atoms with Crippen LogP contribution in [-0.2, 0) is 4.79 Å². The molecular formula is C19H22N4O4. The number of hydrogen-bond acceptors (Lipinski definition) is 6. The monoisotopic (exact) mass is 370 g/mol. The first kappa shape index (κ1) is 18.7. The molecule has 1 aliphatic carbocycles. The van der Waals surface area contributed by atoms with E-state index in [1.165, 1.54) is 13.3 Å². The van der Waals surface area contributed by atoms with E-state index in [0.29, 0.717) is 35.8 Å². The summed E-state index contributed by atoms with van der Waals surface area (Å²) in [4.78, 5) is 25.0. The smallest absolute Gasteiger partial charge is 0.346 e. The lowest BCUT2D eigenvalue weighted by atomic mass is 9.77. The summed E-state index contributed by atoms with van der Waals surface area (Å²) in [5.41, 5.74) is -0.178. The Kier molecular flexibility index (Phi) is 5.31. The maximum atomic E-state index is 12.8. The van der Waals surface area contributed by atoms with Crippen LogP contribution in [-0.4, -0.2) is 42.4 Å². The molecule has 0 aromatic heterocycles. The number of nitrogens with zero attached hydrogens (tertiary/aromatic N) is 3. The van der Waals surface area contributed by atoms with E-state index < -0.39 is 11.6 Å². The number of amides is 3. The summed E-state index contributed by atoms with van der Waals surface area (Å²) in [5.74, 6) is 1.13. The third-order valence-electron chi connectivity index (χ3n) is 5.07. The van der Waals surface area contributed by atoms with Crippen molar-refractivity contribution < 1.29 is 19.1 Å². The molecule has 2 aliphatic rings. The maximum absolute atomic E-state index is 12.8. The minimum absolute atomic E-state index is 0.0903. The third-order valence-corrected chi connectivity index (χ3v) is 5.07. The molecule has 8 heteroatoms. The molecule has 142 valence electrons. The van der Waals surface area contributed by atoms with Crippen molar-refractivity contribution in [2.75, 3.05) is 13.7 Å². The average molecular weight is 370 g/mol. The number of hydrogen-bond donors (Lipinski definition) is 1. The van der Waals surface area contributed by atoms with E-state index in [0.717, 1.165) is 17.9 Å². The molecule has 1 spiro atoms. The van der Waals surface area contributed by atoms with Gasteiger partial charge in [-0.2, -0.15) is 10.4 Å². The molecule has 8 nitrogen and oxygen atoms in total. The second-order valence-corrected chi connectivity index (χ2v) is 6.91. The molecule has 0 unspecified atom stereocenters. The van der Waals surface area contributed by atoms with Crippen LogP contribution in [0.3, 0.4) is 0 Å². The Morgan fingerprint density at radius 1 is 1.37 bits per heavy atom. The van der Waals surface area contributed by atoms with E-state index in [4.69, 9.17) is 14.7 Å². The van der Waals surface area contributed by atoms with Crippen molar-refractivity contribution in [1.82, 2.24) is 10.3 Å². The Morgan fingerprint density at radius 2 is 2.11 bits per heavy atom. The first-order valence-corrected chi connectivity index (χ1v) is 8.87. The molecule has 1 aromatic rings. The van der Waals surface area contributed by atoms with Gasteiger partial charge in [0.25, 0.3) is 5.91 Å². The van der Waals surface area contributed by atoms with Gasteiger partial charge in [-0.25, -0.2) is 4.79 Å². The Hall–Kier alpha value is -3.08. The number of ether oxygens (including phenoxy) is 2. The largest absolute Gasteiger partial charge is 0.493 e. The molecule has 1 heterocycles. The van der Waals surface area contributed by atoms with Crippen molar-refractivity contribution in [3.63, 3.8) is 0 Å². The van der Waals surface area contributed by atoms with Gasteiger partial charge in [-0.15, -0.1) is 5.01 Å². The van der Waals surface area contributed by atoms with Gasteiger partial charge >= 0.3 is 6.03 Å². The lowest BCUT2D eigenvalue weighted by Gasteiger charge is -2.33. The number of methoxy groups -OCH3 is 1. The van der Waals surface area contributed by atoms with Crippen molar-refractivity contribution in [3.05, 3.63) is 23.8 Å². The van der Waals surface area contributed by atoms with Crippen LogP contribution in [0.4, 0.5) is 4.79 Å². The van der Waals surface area contributed by atoms with Gasteiger partial charge in [0.1, 0.15) is 11.6 Å². The highest BCUT2D eigenvalue weighted by atomic mass is 16.5. The summed E-state index contributed by atoms with van der Waals surface area (Å²) in [7, 11) is 1.49. The van der Waals surface area contributed by atoms with Gasteiger partial charge in [0.2, 0.25) is 0 Å². The number of nitriles is 1. The molecule has 2 fully saturated rings. The minimum atomic E-state index is -0.812. The van der Waals surface area contributed by atoms with Gasteiger partial charge in [-0.1, -0.05) is 6.92 Å². The van der Waals surface area contributed by atoms with Gasteiger partial charge in [0.15, 0.2) is 18.1 Å². The van der Waals surface area contributed by atoms with Crippen LogP contribution in [0.15, 0.2) is 23.3 Å². The van der Waals surface area contributed by atoms with Crippen LogP contribution in [0.25, 0.3) is 0 Å². The number of nitrogens with one attached hydrogen (secondary N) is 1. The van der Waals surface area contributed by atoms with Crippen LogP contribution in [0, 0.1) is 17.2 Å². The fraction of sp³-hybridized carbons (Fsp3) is 0.474. The molecule has 3 rings (SSSR count). The van der Waals surface area contributed by atoms with E-state index in [1.807, 2.05) is 6.07 Å². The fourth-order valence-electron chi connectivity index (χ4n) is 3.42. The van der Waals surface area contributed by atoms with E-state index in [9.17, 15) is 9.59 Å². The van der Waals surface area contributed by atoms with Gasteiger partial charge in [-0.3, -0.25) is 4.79 Å². The molecule has 1 saturated heterocycles. The molecule has 1 aliphatic heterocycles. The predicted molar refractivity (Wildman–Crippen MR) is 97.4 cm³/mol. The topological polar surface area (TPSA) is 104 Å². The summed E-state index contributed by atoms with van der Waals surface area (Å²) >= 11 is 0. The average Bonchev–Trinajstić information content (AvgIpc) is 2.90. The molecule has 1 N–H and O–H groups in total. The highest BCUT2D eigenvalue weighted by Crippen LogP contribution is 2.36. The molecule has 0 bridgehead atoms. The van der Waals surface area contributed by atoms with Gasteiger partial charge in [0.05, 0.1) is 13.3 Å².